The average Bonchev–Trinajstić information content (AvgIpc) is 2.42. The Morgan fingerprint density at radius 2 is 1.68 bits per heavy atom. The van der Waals surface area contributed by atoms with E-state index in [1.165, 1.54) is 5.56 Å². The van der Waals surface area contributed by atoms with E-state index in [-0.39, 0.29) is 12.5 Å². The second-order valence-electron chi connectivity index (χ2n) is 5.52. The van der Waals surface area contributed by atoms with Crippen molar-refractivity contribution in [2.24, 2.45) is 0 Å². The first-order chi connectivity index (χ1) is 10.4. The molecule has 2 aromatic rings. The summed E-state index contributed by atoms with van der Waals surface area (Å²) in [6.45, 7) is 7.88. The number of aryl methyl sites for hydroxylation is 4. The number of hydrogen-bond acceptors (Lipinski definition) is 2. The summed E-state index contributed by atoms with van der Waals surface area (Å²) in [5.41, 5.74) is 5.04. The predicted octanol–water partition coefficient (Wildman–Crippen LogP) is 4.59. The van der Waals surface area contributed by atoms with E-state index in [1.807, 2.05) is 45.9 Å². The van der Waals surface area contributed by atoms with Crippen molar-refractivity contribution in [3.8, 4) is 5.75 Å². The second-order valence-corrected chi connectivity index (χ2v) is 5.96. The normalized spacial score (nSPS) is 10.4. The van der Waals surface area contributed by atoms with Crippen LogP contribution in [0.1, 0.15) is 22.3 Å². The smallest absolute Gasteiger partial charge is 0.262 e. The van der Waals surface area contributed by atoms with Crippen LogP contribution in [0.5, 0.6) is 5.75 Å². The van der Waals surface area contributed by atoms with Gasteiger partial charge >= 0.3 is 0 Å². The topological polar surface area (TPSA) is 38.3 Å². The quantitative estimate of drug-likeness (QED) is 0.895. The van der Waals surface area contributed by atoms with E-state index in [0.717, 1.165) is 22.4 Å². The molecule has 116 valence electrons. The lowest BCUT2D eigenvalue weighted by molar-refractivity contribution is -0.118. The molecule has 1 amide bonds. The van der Waals surface area contributed by atoms with Crippen LogP contribution in [0.25, 0.3) is 0 Å². The standard InChI is InChI=1S/C18H20ClNO2/c1-11-7-13(3)18(14(4)8-11)20-17(21)10-22-16-6-5-15(19)9-12(16)2/h5-9H,10H2,1-4H3,(H,20,21). The first-order valence-corrected chi connectivity index (χ1v) is 7.51. The van der Waals surface area contributed by atoms with E-state index < -0.39 is 0 Å². The minimum Gasteiger partial charge on any atom is -0.483 e. The first kappa shape index (κ1) is 16.4. The van der Waals surface area contributed by atoms with Crippen LogP contribution in [0.2, 0.25) is 5.02 Å². The summed E-state index contributed by atoms with van der Waals surface area (Å²) < 4.78 is 5.56. The molecular weight excluding hydrogens is 298 g/mol. The Balaban J connectivity index is 2.02. The van der Waals surface area contributed by atoms with Crippen LogP contribution < -0.4 is 10.1 Å². The van der Waals surface area contributed by atoms with Crippen LogP contribution in [0, 0.1) is 27.7 Å². The lowest BCUT2D eigenvalue weighted by atomic mass is 10.1. The highest BCUT2D eigenvalue weighted by Crippen LogP contribution is 2.23. The Morgan fingerprint density at radius 3 is 2.27 bits per heavy atom. The summed E-state index contributed by atoms with van der Waals surface area (Å²) in [4.78, 5) is 12.1. The molecule has 0 atom stereocenters. The van der Waals surface area contributed by atoms with E-state index in [2.05, 4.69) is 5.32 Å². The number of nitrogens with one attached hydrogen (secondary N) is 1. The maximum absolute atomic E-state index is 12.1. The van der Waals surface area contributed by atoms with Crippen molar-refractivity contribution < 1.29 is 9.53 Å². The molecular formula is C18H20ClNO2. The molecule has 2 aromatic carbocycles. The zero-order chi connectivity index (χ0) is 16.3. The summed E-state index contributed by atoms with van der Waals surface area (Å²) in [5.74, 6) is 0.487. The van der Waals surface area contributed by atoms with E-state index in [4.69, 9.17) is 16.3 Å². The summed E-state index contributed by atoms with van der Waals surface area (Å²) in [7, 11) is 0. The van der Waals surface area contributed by atoms with Crippen molar-refractivity contribution in [2.75, 3.05) is 11.9 Å². The van der Waals surface area contributed by atoms with Crippen LogP contribution >= 0.6 is 11.6 Å². The lowest BCUT2D eigenvalue weighted by Crippen LogP contribution is -2.21. The number of benzene rings is 2. The molecule has 0 aliphatic carbocycles. The Labute approximate surface area is 136 Å². The van der Waals surface area contributed by atoms with Crippen LogP contribution in [-0.4, -0.2) is 12.5 Å². The highest BCUT2D eigenvalue weighted by molar-refractivity contribution is 6.30. The van der Waals surface area contributed by atoms with Gasteiger partial charge in [-0.1, -0.05) is 29.3 Å². The summed E-state index contributed by atoms with van der Waals surface area (Å²) >= 11 is 5.90. The zero-order valence-electron chi connectivity index (χ0n) is 13.3. The van der Waals surface area contributed by atoms with Crippen molar-refractivity contribution in [1.82, 2.24) is 0 Å². The lowest BCUT2D eigenvalue weighted by Gasteiger charge is -2.14. The number of carbonyl (C=O) groups is 1. The number of anilines is 1. The summed E-state index contributed by atoms with van der Waals surface area (Å²) in [6, 6.07) is 9.42. The molecule has 0 heterocycles. The fraction of sp³-hybridized carbons (Fsp3) is 0.278. The van der Waals surface area contributed by atoms with Crippen molar-refractivity contribution >= 4 is 23.2 Å². The Hall–Kier alpha value is -2.00. The fourth-order valence-corrected chi connectivity index (χ4v) is 2.70. The van der Waals surface area contributed by atoms with Gasteiger partial charge < -0.3 is 10.1 Å². The maximum Gasteiger partial charge on any atom is 0.262 e. The number of rotatable bonds is 4. The minimum atomic E-state index is -0.176. The fourth-order valence-electron chi connectivity index (χ4n) is 2.47. The molecule has 0 aromatic heterocycles. The monoisotopic (exact) mass is 317 g/mol. The van der Waals surface area contributed by atoms with E-state index in [1.54, 1.807) is 12.1 Å². The van der Waals surface area contributed by atoms with Crippen LogP contribution in [-0.2, 0) is 4.79 Å². The molecule has 4 heteroatoms. The Morgan fingerprint density at radius 1 is 1.05 bits per heavy atom. The molecule has 0 bridgehead atoms. The molecule has 0 fully saturated rings. The highest BCUT2D eigenvalue weighted by Gasteiger charge is 2.10. The number of halogens is 1. The van der Waals surface area contributed by atoms with Crippen LogP contribution in [0.3, 0.4) is 0 Å². The average molecular weight is 318 g/mol. The summed E-state index contributed by atoms with van der Waals surface area (Å²) in [6.07, 6.45) is 0. The van der Waals surface area contributed by atoms with Gasteiger partial charge in [-0.3, -0.25) is 4.79 Å². The van der Waals surface area contributed by atoms with Gasteiger partial charge in [0.25, 0.3) is 5.91 Å². The predicted molar refractivity (Wildman–Crippen MR) is 91.0 cm³/mol. The third-order valence-corrected chi connectivity index (χ3v) is 3.67. The second kappa shape index (κ2) is 6.84. The molecule has 0 aliphatic heterocycles. The largest absolute Gasteiger partial charge is 0.483 e. The molecule has 2 rings (SSSR count). The number of ether oxygens (including phenoxy) is 1. The van der Waals surface area contributed by atoms with Crippen molar-refractivity contribution in [1.29, 1.82) is 0 Å². The van der Waals surface area contributed by atoms with Gasteiger partial charge in [-0.25, -0.2) is 0 Å². The van der Waals surface area contributed by atoms with Gasteiger partial charge in [0.1, 0.15) is 5.75 Å². The SMILES string of the molecule is Cc1cc(C)c(NC(=O)COc2ccc(Cl)cc2C)c(C)c1. The third kappa shape index (κ3) is 4.01. The molecule has 1 N–H and O–H groups in total. The summed E-state index contributed by atoms with van der Waals surface area (Å²) in [5, 5.41) is 3.57. The van der Waals surface area contributed by atoms with Crippen molar-refractivity contribution in [3.63, 3.8) is 0 Å². The molecule has 0 aliphatic rings. The van der Waals surface area contributed by atoms with Gasteiger partial charge in [0.2, 0.25) is 0 Å². The number of hydrogen-bond donors (Lipinski definition) is 1. The molecule has 0 spiro atoms. The van der Waals surface area contributed by atoms with E-state index in [9.17, 15) is 4.79 Å². The zero-order valence-corrected chi connectivity index (χ0v) is 14.0. The highest BCUT2D eigenvalue weighted by atomic mass is 35.5. The van der Waals surface area contributed by atoms with Gasteiger partial charge in [0.05, 0.1) is 0 Å². The molecule has 3 nitrogen and oxygen atoms in total. The van der Waals surface area contributed by atoms with Crippen LogP contribution in [0.15, 0.2) is 30.3 Å². The molecule has 0 unspecified atom stereocenters. The molecule has 0 radical (unpaired) electrons. The Bertz CT molecular complexity index is 687. The van der Waals surface area contributed by atoms with Gasteiger partial charge in [-0.2, -0.15) is 0 Å². The van der Waals surface area contributed by atoms with Crippen LogP contribution in [0.4, 0.5) is 5.69 Å². The number of carbonyl (C=O) groups excluding carboxylic acids is 1. The van der Waals surface area contributed by atoms with Gasteiger partial charge in [-0.15, -0.1) is 0 Å². The van der Waals surface area contributed by atoms with E-state index in [0.29, 0.717) is 10.8 Å². The maximum atomic E-state index is 12.1. The molecule has 0 saturated heterocycles. The van der Waals surface area contributed by atoms with Gasteiger partial charge in [-0.05, 0) is 62.6 Å². The minimum absolute atomic E-state index is 0.0325. The van der Waals surface area contributed by atoms with E-state index >= 15 is 0 Å². The molecule has 0 saturated carbocycles. The van der Waals surface area contributed by atoms with Gasteiger partial charge in [0, 0.05) is 10.7 Å². The van der Waals surface area contributed by atoms with Crippen molar-refractivity contribution in [3.05, 3.63) is 57.6 Å². The van der Waals surface area contributed by atoms with Crippen molar-refractivity contribution in [2.45, 2.75) is 27.7 Å². The number of amides is 1. The Kier molecular flexibility index (Phi) is 5.09. The molecule has 22 heavy (non-hydrogen) atoms. The first-order valence-electron chi connectivity index (χ1n) is 7.13. The van der Waals surface area contributed by atoms with Gasteiger partial charge in [0.15, 0.2) is 6.61 Å². The third-order valence-electron chi connectivity index (χ3n) is 3.44.